The average Bonchev–Trinajstić information content (AvgIpc) is 2.59. The summed E-state index contributed by atoms with van der Waals surface area (Å²) < 4.78 is 0. The van der Waals surface area contributed by atoms with Crippen molar-refractivity contribution in [3.8, 4) is 0 Å². The number of aromatic nitrogens is 2. The first kappa shape index (κ1) is 9.60. The molecule has 0 aliphatic rings. The van der Waals surface area contributed by atoms with Crippen LogP contribution < -0.4 is 5.32 Å². The van der Waals surface area contributed by atoms with Gasteiger partial charge < -0.3 is 10.3 Å². The number of non-ortho nitro benzene ring substituents is 1. The molecule has 1 heterocycles. The van der Waals surface area contributed by atoms with Gasteiger partial charge in [0.2, 0.25) is 0 Å². The van der Waals surface area contributed by atoms with Gasteiger partial charge >= 0.3 is 0 Å². The maximum Gasteiger partial charge on any atom is 0.297 e. The molecule has 6 nitrogen and oxygen atoms in total. The molecule has 0 aliphatic carbocycles. The molecule has 0 bridgehead atoms. The molecule has 0 aliphatic heterocycles. The molecule has 0 radical (unpaired) electrons. The highest BCUT2D eigenvalue weighted by molar-refractivity contribution is 5.84. The lowest BCUT2D eigenvalue weighted by Gasteiger charge is -1.90. The van der Waals surface area contributed by atoms with Gasteiger partial charge in [0, 0.05) is 6.07 Å². The lowest BCUT2D eigenvalue weighted by atomic mass is 10.3. The van der Waals surface area contributed by atoms with Crippen molar-refractivity contribution in [1.29, 1.82) is 0 Å². The second kappa shape index (κ2) is 3.66. The summed E-state index contributed by atoms with van der Waals surface area (Å²) in [6.45, 7) is 0.561. The van der Waals surface area contributed by atoms with Gasteiger partial charge in [-0.2, -0.15) is 0 Å². The highest BCUT2D eigenvalue weighted by atomic mass is 16.6. The van der Waals surface area contributed by atoms with E-state index in [-0.39, 0.29) is 5.69 Å². The van der Waals surface area contributed by atoms with Crippen molar-refractivity contribution < 1.29 is 4.92 Å². The smallest absolute Gasteiger partial charge is 0.297 e. The molecule has 0 saturated heterocycles. The lowest BCUT2D eigenvalue weighted by molar-refractivity contribution is -0.383. The highest BCUT2D eigenvalue weighted by Gasteiger charge is 2.14. The Hall–Kier alpha value is -1.95. The third kappa shape index (κ3) is 1.66. The number of rotatable bonds is 3. The molecule has 6 heteroatoms. The van der Waals surface area contributed by atoms with E-state index in [1.807, 2.05) is 0 Å². The van der Waals surface area contributed by atoms with E-state index in [1.165, 1.54) is 6.07 Å². The molecule has 0 saturated carbocycles. The minimum atomic E-state index is -0.424. The van der Waals surface area contributed by atoms with Gasteiger partial charge in [0.1, 0.15) is 5.82 Å². The Morgan fingerprint density at radius 1 is 1.60 bits per heavy atom. The first-order valence-corrected chi connectivity index (χ1v) is 4.49. The molecular formula is C9H10N4O2. The van der Waals surface area contributed by atoms with E-state index in [0.717, 1.165) is 0 Å². The molecule has 2 N–H and O–H groups in total. The molecule has 0 amide bonds. The second-order valence-corrected chi connectivity index (χ2v) is 3.14. The zero-order chi connectivity index (χ0) is 10.8. The number of fused-ring (bicyclic) bond motifs is 1. The summed E-state index contributed by atoms with van der Waals surface area (Å²) in [5.74, 6) is 0.696. The van der Waals surface area contributed by atoms with Crippen LogP contribution in [0, 0.1) is 10.1 Å². The van der Waals surface area contributed by atoms with Crippen molar-refractivity contribution >= 4 is 16.7 Å². The van der Waals surface area contributed by atoms with Gasteiger partial charge in [0.25, 0.3) is 5.69 Å². The molecule has 1 aromatic carbocycles. The number of H-pyrrole nitrogens is 1. The van der Waals surface area contributed by atoms with Crippen LogP contribution in [0.1, 0.15) is 5.82 Å². The Balaban J connectivity index is 2.59. The monoisotopic (exact) mass is 206 g/mol. The summed E-state index contributed by atoms with van der Waals surface area (Å²) in [6, 6.07) is 4.86. The number of nitrogens with zero attached hydrogens (tertiary/aromatic N) is 2. The number of aromatic amines is 1. The van der Waals surface area contributed by atoms with E-state index in [4.69, 9.17) is 0 Å². The molecule has 0 fully saturated rings. The lowest BCUT2D eigenvalue weighted by Crippen LogP contribution is -2.06. The number of nitro benzene ring substituents is 1. The predicted molar refractivity (Wildman–Crippen MR) is 55.5 cm³/mol. The Morgan fingerprint density at radius 3 is 3.07 bits per heavy atom. The fraction of sp³-hybridized carbons (Fsp3) is 0.222. The number of hydrogen-bond acceptors (Lipinski definition) is 4. The second-order valence-electron chi connectivity index (χ2n) is 3.14. The van der Waals surface area contributed by atoms with Crippen molar-refractivity contribution in [3.63, 3.8) is 0 Å². The first-order valence-electron chi connectivity index (χ1n) is 4.49. The number of nitro groups is 1. The van der Waals surface area contributed by atoms with Gasteiger partial charge in [-0.1, -0.05) is 6.07 Å². The number of benzene rings is 1. The van der Waals surface area contributed by atoms with Crippen LogP contribution in [0.5, 0.6) is 0 Å². The minimum absolute atomic E-state index is 0.0334. The van der Waals surface area contributed by atoms with Crippen LogP contribution >= 0.6 is 0 Å². The Labute approximate surface area is 85.5 Å². The van der Waals surface area contributed by atoms with Crippen LogP contribution in [0.2, 0.25) is 0 Å². The molecule has 78 valence electrons. The summed E-state index contributed by atoms with van der Waals surface area (Å²) in [4.78, 5) is 17.5. The van der Waals surface area contributed by atoms with Gasteiger partial charge in [-0.05, 0) is 13.1 Å². The van der Waals surface area contributed by atoms with Crippen LogP contribution in [-0.2, 0) is 6.54 Å². The molecule has 15 heavy (non-hydrogen) atoms. The van der Waals surface area contributed by atoms with Crippen molar-refractivity contribution in [2.24, 2.45) is 0 Å². The van der Waals surface area contributed by atoms with Crippen molar-refractivity contribution in [3.05, 3.63) is 34.1 Å². The van der Waals surface area contributed by atoms with E-state index in [0.29, 0.717) is 23.4 Å². The number of imidazole rings is 1. The van der Waals surface area contributed by atoms with Crippen molar-refractivity contribution in [1.82, 2.24) is 15.3 Å². The van der Waals surface area contributed by atoms with Crippen LogP contribution in [0.15, 0.2) is 18.2 Å². The zero-order valence-electron chi connectivity index (χ0n) is 8.15. The fourth-order valence-electron chi connectivity index (χ4n) is 1.47. The quantitative estimate of drug-likeness (QED) is 0.583. The fourth-order valence-corrected chi connectivity index (χ4v) is 1.47. The molecule has 0 spiro atoms. The summed E-state index contributed by atoms with van der Waals surface area (Å²) in [5, 5.41) is 13.6. The largest absolute Gasteiger partial charge is 0.341 e. The molecular weight excluding hydrogens is 196 g/mol. The molecule has 1 aromatic heterocycles. The standard InChI is InChI=1S/C9H10N4O2/c1-10-5-8-11-6-3-2-4-7(13(14)15)9(6)12-8/h2-4,10H,5H2,1H3,(H,11,12). The number of nitrogens with one attached hydrogen (secondary N) is 2. The van der Waals surface area contributed by atoms with Crippen LogP contribution in [0.25, 0.3) is 11.0 Å². The number of hydrogen-bond donors (Lipinski definition) is 2. The van der Waals surface area contributed by atoms with E-state index >= 15 is 0 Å². The minimum Gasteiger partial charge on any atom is -0.341 e. The van der Waals surface area contributed by atoms with E-state index in [2.05, 4.69) is 15.3 Å². The summed E-state index contributed by atoms with van der Waals surface area (Å²) in [6.07, 6.45) is 0. The van der Waals surface area contributed by atoms with Gasteiger partial charge in [0.15, 0.2) is 5.52 Å². The van der Waals surface area contributed by atoms with Crippen molar-refractivity contribution in [2.45, 2.75) is 6.54 Å². The third-order valence-corrected chi connectivity index (χ3v) is 2.08. The normalized spacial score (nSPS) is 10.7. The Morgan fingerprint density at radius 2 is 2.40 bits per heavy atom. The van der Waals surface area contributed by atoms with Gasteiger partial charge in [-0.25, -0.2) is 4.98 Å². The van der Waals surface area contributed by atoms with E-state index < -0.39 is 4.92 Å². The Kier molecular flexibility index (Phi) is 2.34. The van der Waals surface area contributed by atoms with E-state index in [9.17, 15) is 10.1 Å². The van der Waals surface area contributed by atoms with E-state index in [1.54, 1.807) is 19.2 Å². The van der Waals surface area contributed by atoms with Gasteiger partial charge in [0.05, 0.1) is 17.0 Å². The zero-order valence-corrected chi connectivity index (χ0v) is 8.15. The van der Waals surface area contributed by atoms with Crippen molar-refractivity contribution in [2.75, 3.05) is 7.05 Å². The van der Waals surface area contributed by atoms with Crippen LogP contribution in [-0.4, -0.2) is 21.9 Å². The molecule has 2 rings (SSSR count). The van der Waals surface area contributed by atoms with Gasteiger partial charge in [-0.15, -0.1) is 0 Å². The average molecular weight is 206 g/mol. The predicted octanol–water partition coefficient (Wildman–Crippen LogP) is 1.19. The molecule has 2 aromatic rings. The first-order chi connectivity index (χ1) is 7.22. The highest BCUT2D eigenvalue weighted by Crippen LogP contribution is 2.22. The topological polar surface area (TPSA) is 83.8 Å². The molecule has 0 unspecified atom stereocenters. The van der Waals surface area contributed by atoms with Gasteiger partial charge in [-0.3, -0.25) is 10.1 Å². The Bertz CT molecular complexity index is 506. The molecule has 0 atom stereocenters. The van der Waals surface area contributed by atoms with Crippen LogP contribution in [0.4, 0.5) is 5.69 Å². The number of para-hydroxylation sites is 1. The SMILES string of the molecule is CNCc1nc2c([N+](=O)[O-])cccc2[nH]1. The summed E-state index contributed by atoms with van der Waals surface area (Å²) in [5.41, 5.74) is 1.13. The maximum absolute atomic E-state index is 10.7. The summed E-state index contributed by atoms with van der Waals surface area (Å²) >= 11 is 0. The van der Waals surface area contributed by atoms with Crippen LogP contribution in [0.3, 0.4) is 0 Å². The maximum atomic E-state index is 10.7. The summed E-state index contributed by atoms with van der Waals surface area (Å²) in [7, 11) is 1.79. The third-order valence-electron chi connectivity index (χ3n) is 2.08.